The molecule has 2 atom stereocenters. The van der Waals surface area contributed by atoms with Gasteiger partial charge in [-0.15, -0.1) is 0 Å². The van der Waals surface area contributed by atoms with E-state index in [4.69, 9.17) is 4.74 Å². The molecular weight excluding hydrogens is 248 g/mol. The zero-order valence-electron chi connectivity index (χ0n) is 12.2. The van der Waals surface area contributed by atoms with Crippen molar-refractivity contribution < 1.29 is 9.84 Å². The Hall–Kier alpha value is -1.38. The van der Waals surface area contributed by atoms with Gasteiger partial charge in [0.1, 0.15) is 0 Å². The van der Waals surface area contributed by atoms with Gasteiger partial charge in [-0.3, -0.25) is 0 Å². The minimum Gasteiger partial charge on any atom is -0.385 e. The Morgan fingerprint density at radius 1 is 1.15 bits per heavy atom. The normalized spacial score (nSPS) is 30.6. The highest BCUT2D eigenvalue weighted by Gasteiger charge is 2.42. The summed E-state index contributed by atoms with van der Waals surface area (Å²) < 4.78 is 5.86. The molecule has 2 heteroatoms. The van der Waals surface area contributed by atoms with Gasteiger partial charge in [-0.1, -0.05) is 43.3 Å². The largest absolute Gasteiger partial charge is 0.385 e. The maximum absolute atomic E-state index is 11.1. The maximum atomic E-state index is 11.1. The minimum absolute atomic E-state index is 0.224. The quantitative estimate of drug-likeness (QED) is 0.893. The van der Waals surface area contributed by atoms with E-state index in [2.05, 4.69) is 44.2 Å². The van der Waals surface area contributed by atoms with Crippen LogP contribution in [0.3, 0.4) is 0 Å². The summed E-state index contributed by atoms with van der Waals surface area (Å²) in [4.78, 5) is 0. The lowest BCUT2D eigenvalue weighted by molar-refractivity contribution is -0.157. The van der Waals surface area contributed by atoms with Crippen molar-refractivity contribution in [2.24, 2.45) is 0 Å². The molecule has 1 N–H and O–H groups in total. The summed E-state index contributed by atoms with van der Waals surface area (Å²) in [6, 6.07) is 14.6. The van der Waals surface area contributed by atoms with Crippen molar-refractivity contribution in [3.05, 3.63) is 48.0 Å². The van der Waals surface area contributed by atoms with Gasteiger partial charge in [0.2, 0.25) is 0 Å². The van der Waals surface area contributed by atoms with Crippen molar-refractivity contribution >= 4 is 10.8 Å². The van der Waals surface area contributed by atoms with Crippen LogP contribution in [0, 0.1) is 0 Å². The van der Waals surface area contributed by atoms with Gasteiger partial charge in [0, 0.05) is 12.8 Å². The van der Waals surface area contributed by atoms with Crippen LogP contribution >= 0.6 is 0 Å². The zero-order valence-corrected chi connectivity index (χ0v) is 12.2. The van der Waals surface area contributed by atoms with E-state index in [9.17, 15) is 5.11 Å². The second kappa shape index (κ2) is 4.87. The molecule has 0 aromatic heterocycles. The van der Waals surface area contributed by atoms with Gasteiger partial charge in [-0.05, 0) is 35.7 Å². The summed E-state index contributed by atoms with van der Waals surface area (Å²) in [5.41, 5.74) is 0.0188. The highest BCUT2D eigenvalue weighted by molar-refractivity contribution is 5.83. The van der Waals surface area contributed by atoms with Crippen LogP contribution in [0.25, 0.3) is 10.8 Å². The number of rotatable bonds is 2. The Morgan fingerprint density at radius 3 is 2.65 bits per heavy atom. The van der Waals surface area contributed by atoms with Crippen LogP contribution in [0.4, 0.5) is 0 Å². The van der Waals surface area contributed by atoms with Crippen LogP contribution in [0.2, 0.25) is 0 Å². The fourth-order valence-corrected chi connectivity index (χ4v) is 3.18. The highest BCUT2D eigenvalue weighted by Crippen LogP contribution is 2.41. The van der Waals surface area contributed by atoms with Crippen LogP contribution in [-0.2, 0) is 10.3 Å². The molecule has 2 aromatic rings. The van der Waals surface area contributed by atoms with Crippen LogP contribution in [0.15, 0.2) is 42.5 Å². The Kier molecular flexibility index (Phi) is 3.31. The number of ether oxygens (including phenoxy) is 1. The molecule has 1 aliphatic heterocycles. The molecule has 2 aromatic carbocycles. The van der Waals surface area contributed by atoms with Crippen molar-refractivity contribution in [1.82, 2.24) is 0 Å². The van der Waals surface area contributed by atoms with Crippen LogP contribution in [-0.4, -0.2) is 17.3 Å². The third-order valence-electron chi connectivity index (χ3n) is 4.67. The third-order valence-corrected chi connectivity index (χ3v) is 4.67. The molecule has 3 rings (SSSR count). The molecule has 1 saturated heterocycles. The third kappa shape index (κ3) is 2.34. The van der Waals surface area contributed by atoms with E-state index in [0.29, 0.717) is 19.4 Å². The molecule has 20 heavy (non-hydrogen) atoms. The fraction of sp³-hybridized carbons (Fsp3) is 0.444. The molecule has 0 radical (unpaired) electrons. The Labute approximate surface area is 120 Å². The standard InChI is InChI=1S/C18H22O2/c1-3-17(2)13-18(19,10-11-20-17)16-9-8-14-6-4-5-7-15(14)12-16/h4-9,12,19H,3,10-11,13H2,1-2H3. The van der Waals surface area contributed by atoms with E-state index < -0.39 is 5.60 Å². The summed E-state index contributed by atoms with van der Waals surface area (Å²) in [6.45, 7) is 4.83. The van der Waals surface area contributed by atoms with Crippen molar-refractivity contribution in [2.75, 3.05) is 6.61 Å². The van der Waals surface area contributed by atoms with E-state index >= 15 is 0 Å². The average molecular weight is 270 g/mol. The molecule has 0 bridgehead atoms. The van der Waals surface area contributed by atoms with E-state index in [1.165, 1.54) is 10.8 Å². The molecule has 0 saturated carbocycles. The molecule has 1 aliphatic rings. The van der Waals surface area contributed by atoms with Crippen LogP contribution in [0.5, 0.6) is 0 Å². The van der Waals surface area contributed by atoms with Gasteiger partial charge in [0.25, 0.3) is 0 Å². The van der Waals surface area contributed by atoms with Gasteiger partial charge >= 0.3 is 0 Å². The first-order valence-electron chi connectivity index (χ1n) is 7.40. The Bertz CT molecular complexity index is 622. The van der Waals surface area contributed by atoms with Crippen molar-refractivity contribution in [3.8, 4) is 0 Å². The number of hydrogen-bond donors (Lipinski definition) is 1. The van der Waals surface area contributed by atoms with Crippen LogP contribution < -0.4 is 0 Å². The number of benzene rings is 2. The first-order chi connectivity index (χ1) is 9.55. The SMILES string of the molecule is CCC1(C)CC(O)(c2ccc3ccccc3c2)CCO1. The Balaban J connectivity index is 2.00. The molecular formula is C18H22O2. The second-order valence-corrected chi connectivity index (χ2v) is 6.17. The summed E-state index contributed by atoms with van der Waals surface area (Å²) in [6.07, 6.45) is 2.25. The fourth-order valence-electron chi connectivity index (χ4n) is 3.18. The number of aliphatic hydroxyl groups is 1. The topological polar surface area (TPSA) is 29.5 Å². The highest BCUT2D eigenvalue weighted by atomic mass is 16.5. The lowest BCUT2D eigenvalue weighted by Crippen LogP contribution is -2.45. The van der Waals surface area contributed by atoms with E-state index in [-0.39, 0.29) is 5.60 Å². The van der Waals surface area contributed by atoms with Crippen molar-refractivity contribution in [1.29, 1.82) is 0 Å². The van der Waals surface area contributed by atoms with Gasteiger partial charge in [-0.25, -0.2) is 0 Å². The van der Waals surface area contributed by atoms with E-state index in [0.717, 1.165) is 12.0 Å². The van der Waals surface area contributed by atoms with E-state index in [1.54, 1.807) is 0 Å². The Morgan fingerprint density at radius 2 is 1.90 bits per heavy atom. The average Bonchev–Trinajstić information content (AvgIpc) is 2.46. The van der Waals surface area contributed by atoms with Gasteiger partial charge in [0.15, 0.2) is 0 Å². The minimum atomic E-state index is -0.771. The molecule has 2 nitrogen and oxygen atoms in total. The van der Waals surface area contributed by atoms with Crippen molar-refractivity contribution in [3.63, 3.8) is 0 Å². The predicted octanol–water partition coefficient (Wildman–Crippen LogP) is 4.01. The smallest absolute Gasteiger partial charge is 0.0946 e. The molecule has 106 valence electrons. The lowest BCUT2D eigenvalue weighted by Gasteiger charge is -2.43. The maximum Gasteiger partial charge on any atom is 0.0946 e. The van der Waals surface area contributed by atoms with Crippen molar-refractivity contribution in [2.45, 2.75) is 44.3 Å². The summed E-state index contributed by atoms with van der Waals surface area (Å²) >= 11 is 0. The summed E-state index contributed by atoms with van der Waals surface area (Å²) in [5, 5.41) is 13.5. The molecule has 1 heterocycles. The predicted molar refractivity (Wildman–Crippen MR) is 81.7 cm³/mol. The molecule has 1 fully saturated rings. The monoisotopic (exact) mass is 270 g/mol. The van der Waals surface area contributed by atoms with E-state index in [1.807, 2.05) is 12.1 Å². The summed E-state index contributed by atoms with van der Waals surface area (Å²) in [7, 11) is 0. The zero-order chi connectivity index (χ0) is 14.2. The first kappa shape index (κ1) is 13.6. The first-order valence-corrected chi connectivity index (χ1v) is 7.40. The van der Waals surface area contributed by atoms with Gasteiger partial charge in [0.05, 0.1) is 17.8 Å². The number of fused-ring (bicyclic) bond motifs is 1. The summed E-state index contributed by atoms with van der Waals surface area (Å²) in [5.74, 6) is 0. The second-order valence-electron chi connectivity index (χ2n) is 6.17. The molecule has 2 unspecified atom stereocenters. The van der Waals surface area contributed by atoms with Gasteiger partial charge < -0.3 is 9.84 Å². The molecule has 0 amide bonds. The van der Waals surface area contributed by atoms with Gasteiger partial charge in [-0.2, -0.15) is 0 Å². The number of hydrogen-bond acceptors (Lipinski definition) is 2. The lowest BCUT2D eigenvalue weighted by atomic mass is 9.77. The molecule has 0 spiro atoms. The molecule has 0 aliphatic carbocycles. The van der Waals surface area contributed by atoms with Crippen LogP contribution in [0.1, 0.15) is 38.7 Å².